The predicted molar refractivity (Wildman–Crippen MR) is 122 cm³/mol. The van der Waals surface area contributed by atoms with E-state index in [9.17, 15) is 9.59 Å². The minimum Gasteiger partial charge on any atom is -0.357 e. The molecule has 0 aromatic rings. The quantitative estimate of drug-likeness (QED) is 0.341. The molecule has 1 aliphatic carbocycles. The maximum Gasteiger partial charge on any atom is 0.244 e. The first-order valence-corrected chi connectivity index (χ1v) is 10.8. The molecule has 3 fully saturated rings. The Labute approximate surface area is 186 Å². The van der Waals surface area contributed by atoms with Crippen molar-refractivity contribution < 1.29 is 9.59 Å². The molecule has 0 spiro atoms. The number of aliphatic imine (C=N–C) groups is 1. The Morgan fingerprint density at radius 1 is 0.964 bits per heavy atom. The molecule has 2 heterocycles. The van der Waals surface area contributed by atoms with E-state index in [0.717, 1.165) is 64.8 Å². The molecule has 1 unspecified atom stereocenters. The van der Waals surface area contributed by atoms with Gasteiger partial charge >= 0.3 is 0 Å². The lowest BCUT2D eigenvalue weighted by Gasteiger charge is -2.26. The lowest BCUT2D eigenvalue weighted by molar-refractivity contribution is -0.135. The summed E-state index contributed by atoms with van der Waals surface area (Å²) >= 11 is 0. The van der Waals surface area contributed by atoms with E-state index in [2.05, 4.69) is 15.6 Å². The van der Waals surface area contributed by atoms with E-state index in [1.165, 1.54) is 19.3 Å². The number of carbonyl (C=O) groups excluding carboxylic acids is 2. The average Bonchev–Trinajstić information content (AvgIpc) is 3.38. The second-order valence-electron chi connectivity index (χ2n) is 8.03. The van der Waals surface area contributed by atoms with Gasteiger partial charge in [-0.1, -0.05) is 19.3 Å². The smallest absolute Gasteiger partial charge is 0.244 e. The normalized spacial score (nSPS) is 23.5. The zero-order chi connectivity index (χ0) is 19.1. The predicted octanol–water partition coefficient (Wildman–Crippen LogP) is 1.96. The molecule has 0 aromatic carbocycles. The first-order chi connectivity index (χ1) is 13.2. The van der Waals surface area contributed by atoms with Gasteiger partial charge in [-0.15, -0.1) is 24.0 Å². The van der Waals surface area contributed by atoms with Crippen LogP contribution >= 0.6 is 24.0 Å². The maximum atomic E-state index is 12.7. The zero-order valence-electron chi connectivity index (χ0n) is 17.1. The molecule has 0 radical (unpaired) electrons. The highest BCUT2D eigenvalue weighted by Crippen LogP contribution is 2.26. The van der Waals surface area contributed by atoms with Crippen molar-refractivity contribution in [1.29, 1.82) is 0 Å². The molecule has 1 saturated carbocycles. The van der Waals surface area contributed by atoms with Crippen LogP contribution in [-0.2, 0) is 9.59 Å². The number of nitrogens with zero attached hydrogens (tertiary/aromatic N) is 3. The van der Waals surface area contributed by atoms with Gasteiger partial charge in [0.05, 0.1) is 0 Å². The Kier molecular flexibility index (Phi) is 9.81. The van der Waals surface area contributed by atoms with Crippen LogP contribution in [-0.4, -0.2) is 72.9 Å². The number of guanidine groups is 1. The van der Waals surface area contributed by atoms with Crippen molar-refractivity contribution in [2.75, 3.05) is 39.3 Å². The Hall–Kier alpha value is -1.06. The first-order valence-electron chi connectivity index (χ1n) is 10.8. The number of nitrogens with one attached hydrogen (secondary N) is 2. The number of amides is 2. The molecule has 3 rings (SSSR count). The van der Waals surface area contributed by atoms with Crippen LogP contribution in [0.25, 0.3) is 0 Å². The molecule has 2 saturated heterocycles. The molecular formula is C20H36IN5O2. The van der Waals surface area contributed by atoms with E-state index in [1.807, 2.05) is 16.7 Å². The van der Waals surface area contributed by atoms with E-state index in [-0.39, 0.29) is 48.4 Å². The molecule has 3 aliphatic rings. The molecule has 7 nitrogen and oxygen atoms in total. The summed E-state index contributed by atoms with van der Waals surface area (Å²) in [5.74, 6) is 1.36. The largest absolute Gasteiger partial charge is 0.357 e. The highest BCUT2D eigenvalue weighted by molar-refractivity contribution is 14.0. The summed E-state index contributed by atoms with van der Waals surface area (Å²) in [7, 11) is 0. The van der Waals surface area contributed by atoms with Gasteiger partial charge in [0.15, 0.2) is 5.96 Å². The fourth-order valence-electron chi connectivity index (χ4n) is 4.41. The van der Waals surface area contributed by atoms with Crippen LogP contribution in [0.2, 0.25) is 0 Å². The van der Waals surface area contributed by atoms with Crippen molar-refractivity contribution in [3.05, 3.63) is 0 Å². The third-order valence-electron chi connectivity index (χ3n) is 5.97. The van der Waals surface area contributed by atoms with E-state index in [0.29, 0.717) is 11.9 Å². The molecule has 0 aromatic heterocycles. The van der Waals surface area contributed by atoms with E-state index in [4.69, 9.17) is 0 Å². The van der Waals surface area contributed by atoms with E-state index < -0.39 is 0 Å². The summed E-state index contributed by atoms with van der Waals surface area (Å²) < 4.78 is 0. The second kappa shape index (κ2) is 11.8. The summed E-state index contributed by atoms with van der Waals surface area (Å²) in [6.07, 6.45) is 8.88. The number of likely N-dealkylation sites (tertiary alicyclic amines) is 2. The van der Waals surface area contributed by atoms with Crippen LogP contribution in [0, 0.1) is 5.92 Å². The van der Waals surface area contributed by atoms with Crippen LogP contribution in [0.3, 0.4) is 0 Å². The Morgan fingerprint density at radius 2 is 1.68 bits per heavy atom. The summed E-state index contributed by atoms with van der Waals surface area (Å²) in [5.41, 5.74) is 0. The number of hydrogen-bond donors (Lipinski definition) is 2. The van der Waals surface area contributed by atoms with Crippen LogP contribution < -0.4 is 10.6 Å². The molecule has 2 aliphatic heterocycles. The van der Waals surface area contributed by atoms with Gasteiger partial charge in [-0.2, -0.15) is 0 Å². The van der Waals surface area contributed by atoms with Gasteiger partial charge in [0.2, 0.25) is 11.8 Å². The third kappa shape index (κ3) is 6.49. The number of carbonyl (C=O) groups is 2. The van der Waals surface area contributed by atoms with Crippen LogP contribution in [0.5, 0.6) is 0 Å². The zero-order valence-corrected chi connectivity index (χ0v) is 19.5. The Balaban J connectivity index is 0.00000280. The number of rotatable bonds is 5. The molecule has 28 heavy (non-hydrogen) atoms. The van der Waals surface area contributed by atoms with Crippen molar-refractivity contribution >= 4 is 41.8 Å². The van der Waals surface area contributed by atoms with Gasteiger partial charge in [0.25, 0.3) is 0 Å². The SMILES string of the molecule is CCNC(=NCC(=O)N1CCCC1)NC1CCN(C(=O)C2CCCCC2)C1.I. The Bertz CT molecular complexity index is 545. The van der Waals surface area contributed by atoms with Gasteiger partial charge in [-0.3, -0.25) is 9.59 Å². The minimum atomic E-state index is 0. The highest BCUT2D eigenvalue weighted by Gasteiger charge is 2.31. The van der Waals surface area contributed by atoms with Gasteiger partial charge < -0.3 is 20.4 Å². The van der Waals surface area contributed by atoms with Crippen LogP contribution in [0.15, 0.2) is 4.99 Å². The monoisotopic (exact) mass is 505 g/mol. The first kappa shape index (κ1) is 23.2. The van der Waals surface area contributed by atoms with Crippen molar-refractivity contribution in [3.63, 3.8) is 0 Å². The number of halogens is 1. The average molecular weight is 505 g/mol. The molecule has 160 valence electrons. The molecule has 1 atom stereocenters. The molecule has 0 bridgehead atoms. The second-order valence-corrected chi connectivity index (χ2v) is 8.03. The van der Waals surface area contributed by atoms with Gasteiger partial charge in [0, 0.05) is 44.7 Å². The molecule has 2 amide bonds. The third-order valence-corrected chi connectivity index (χ3v) is 5.97. The van der Waals surface area contributed by atoms with Crippen molar-refractivity contribution in [3.8, 4) is 0 Å². The van der Waals surface area contributed by atoms with Crippen LogP contribution in [0.4, 0.5) is 0 Å². The number of hydrogen-bond acceptors (Lipinski definition) is 3. The van der Waals surface area contributed by atoms with E-state index >= 15 is 0 Å². The summed E-state index contributed by atoms with van der Waals surface area (Å²) in [6.45, 7) is 6.23. The lowest BCUT2D eigenvalue weighted by atomic mass is 9.88. The molecule has 2 N–H and O–H groups in total. The summed E-state index contributed by atoms with van der Waals surface area (Å²) in [4.78, 5) is 33.3. The lowest BCUT2D eigenvalue weighted by Crippen LogP contribution is -2.46. The van der Waals surface area contributed by atoms with Gasteiger partial charge in [-0.05, 0) is 39.0 Å². The summed E-state index contributed by atoms with van der Waals surface area (Å²) in [6, 6.07) is 0.206. The highest BCUT2D eigenvalue weighted by atomic mass is 127. The van der Waals surface area contributed by atoms with Gasteiger partial charge in [-0.25, -0.2) is 4.99 Å². The fraction of sp³-hybridized carbons (Fsp3) is 0.850. The topological polar surface area (TPSA) is 77.0 Å². The fourth-order valence-corrected chi connectivity index (χ4v) is 4.41. The van der Waals surface area contributed by atoms with Crippen molar-refractivity contribution in [2.24, 2.45) is 10.9 Å². The van der Waals surface area contributed by atoms with Crippen molar-refractivity contribution in [2.45, 2.75) is 64.3 Å². The minimum absolute atomic E-state index is 0. The molecular weight excluding hydrogens is 469 g/mol. The van der Waals surface area contributed by atoms with Gasteiger partial charge in [0.1, 0.15) is 6.54 Å². The van der Waals surface area contributed by atoms with Crippen LogP contribution in [0.1, 0.15) is 58.3 Å². The molecule has 8 heteroatoms. The maximum absolute atomic E-state index is 12.7. The standard InChI is InChI=1S/C20H35N5O2.HI/c1-2-21-20(22-14-18(26)24-11-6-7-12-24)23-17-10-13-25(15-17)19(27)16-8-4-3-5-9-16;/h16-17H,2-15H2,1H3,(H2,21,22,23);1H. The van der Waals surface area contributed by atoms with Crippen molar-refractivity contribution in [1.82, 2.24) is 20.4 Å². The van der Waals surface area contributed by atoms with E-state index in [1.54, 1.807) is 0 Å². The Morgan fingerprint density at radius 3 is 2.36 bits per heavy atom. The summed E-state index contributed by atoms with van der Waals surface area (Å²) in [5, 5.41) is 6.65.